The highest BCUT2D eigenvalue weighted by Gasteiger charge is 2.35. The molecule has 1 saturated heterocycles. The molecule has 0 aliphatic carbocycles. The minimum Gasteiger partial charge on any atom is -0.370 e. The average molecular weight is 243 g/mol. The Labute approximate surface area is 107 Å². The average Bonchev–Trinajstić information content (AvgIpc) is 2.78. The van der Waals surface area contributed by atoms with Gasteiger partial charge in [-0.25, -0.2) is 0 Å². The number of hydrogen-bond donors (Lipinski definition) is 0. The second kappa shape index (κ2) is 5.32. The molecule has 1 aliphatic rings. The van der Waals surface area contributed by atoms with Crippen LogP contribution in [0.15, 0.2) is 24.3 Å². The fraction of sp³-hybridized carbons (Fsp3) is 0.467. The first-order valence-electron chi connectivity index (χ1n) is 6.25. The van der Waals surface area contributed by atoms with E-state index in [-0.39, 0.29) is 11.7 Å². The SMILES string of the molecule is Cc1ccc(C(C#N)C(=O)C2OCCC2C)cc1. The molecule has 1 fully saturated rings. The lowest BCUT2D eigenvalue weighted by molar-refractivity contribution is -0.129. The van der Waals surface area contributed by atoms with E-state index < -0.39 is 12.0 Å². The molecule has 1 aromatic carbocycles. The van der Waals surface area contributed by atoms with E-state index in [1.54, 1.807) is 0 Å². The van der Waals surface area contributed by atoms with Gasteiger partial charge in [0, 0.05) is 6.61 Å². The summed E-state index contributed by atoms with van der Waals surface area (Å²) in [7, 11) is 0. The summed E-state index contributed by atoms with van der Waals surface area (Å²) in [4.78, 5) is 12.3. The maximum atomic E-state index is 12.3. The molecule has 0 radical (unpaired) electrons. The number of rotatable bonds is 3. The molecule has 0 spiro atoms. The van der Waals surface area contributed by atoms with Crippen molar-refractivity contribution in [1.29, 1.82) is 5.26 Å². The predicted octanol–water partition coefficient (Wildman–Crippen LogP) is 2.60. The Morgan fingerprint density at radius 3 is 2.61 bits per heavy atom. The second-order valence-corrected chi connectivity index (χ2v) is 4.93. The van der Waals surface area contributed by atoms with Crippen LogP contribution in [0.1, 0.15) is 30.4 Å². The molecule has 0 aromatic heterocycles. The zero-order valence-electron chi connectivity index (χ0n) is 10.7. The van der Waals surface area contributed by atoms with Gasteiger partial charge >= 0.3 is 0 Å². The number of carbonyl (C=O) groups is 1. The van der Waals surface area contributed by atoms with Gasteiger partial charge in [-0.1, -0.05) is 36.8 Å². The zero-order chi connectivity index (χ0) is 13.1. The number of carbonyl (C=O) groups excluding carboxylic acids is 1. The third-order valence-electron chi connectivity index (χ3n) is 3.49. The summed E-state index contributed by atoms with van der Waals surface area (Å²) in [5.74, 6) is -0.610. The van der Waals surface area contributed by atoms with Gasteiger partial charge in [0.1, 0.15) is 12.0 Å². The van der Waals surface area contributed by atoms with Crippen LogP contribution < -0.4 is 0 Å². The molecule has 18 heavy (non-hydrogen) atoms. The summed E-state index contributed by atoms with van der Waals surface area (Å²) in [5, 5.41) is 9.24. The number of benzene rings is 1. The van der Waals surface area contributed by atoms with Gasteiger partial charge in [-0.15, -0.1) is 0 Å². The molecule has 1 heterocycles. The van der Waals surface area contributed by atoms with Crippen LogP contribution in [0, 0.1) is 24.2 Å². The van der Waals surface area contributed by atoms with Crippen molar-refractivity contribution in [3.8, 4) is 6.07 Å². The van der Waals surface area contributed by atoms with Gasteiger partial charge in [0.25, 0.3) is 0 Å². The molecule has 1 aromatic rings. The summed E-state index contributed by atoms with van der Waals surface area (Å²) < 4.78 is 5.45. The summed E-state index contributed by atoms with van der Waals surface area (Å²) >= 11 is 0. The van der Waals surface area contributed by atoms with Crippen molar-refractivity contribution >= 4 is 5.78 Å². The molecule has 0 amide bonds. The van der Waals surface area contributed by atoms with Crippen LogP contribution in [0.2, 0.25) is 0 Å². The third kappa shape index (κ3) is 2.44. The Kier molecular flexibility index (Phi) is 3.78. The van der Waals surface area contributed by atoms with E-state index in [0.717, 1.165) is 17.5 Å². The third-order valence-corrected chi connectivity index (χ3v) is 3.49. The number of ketones is 1. The largest absolute Gasteiger partial charge is 0.370 e. The molecule has 3 nitrogen and oxygen atoms in total. The summed E-state index contributed by atoms with van der Waals surface area (Å²) in [6, 6.07) is 9.65. The highest BCUT2D eigenvalue weighted by atomic mass is 16.5. The monoisotopic (exact) mass is 243 g/mol. The summed E-state index contributed by atoms with van der Waals surface area (Å²) in [6.07, 6.45) is 0.471. The molecule has 2 rings (SSSR count). The Balaban J connectivity index is 2.21. The summed E-state index contributed by atoms with van der Waals surface area (Å²) in [5.41, 5.74) is 1.88. The van der Waals surface area contributed by atoms with Crippen molar-refractivity contribution in [2.24, 2.45) is 5.92 Å². The topological polar surface area (TPSA) is 50.1 Å². The maximum Gasteiger partial charge on any atom is 0.183 e. The molecule has 1 aliphatic heterocycles. The number of aryl methyl sites for hydroxylation is 1. The highest BCUT2D eigenvalue weighted by molar-refractivity contribution is 5.92. The fourth-order valence-electron chi connectivity index (χ4n) is 2.28. The van der Waals surface area contributed by atoms with Gasteiger partial charge in [0.2, 0.25) is 0 Å². The van der Waals surface area contributed by atoms with Crippen LogP contribution in [0.3, 0.4) is 0 Å². The van der Waals surface area contributed by atoms with E-state index in [9.17, 15) is 10.1 Å². The van der Waals surface area contributed by atoms with E-state index in [0.29, 0.717) is 6.61 Å². The molecule has 0 bridgehead atoms. The van der Waals surface area contributed by atoms with Crippen molar-refractivity contribution in [2.75, 3.05) is 6.61 Å². The van der Waals surface area contributed by atoms with Crippen molar-refractivity contribution in [3.63, 3.8) is 0 Å². The minimum absolute atomic E-state index is 0.105. The molecular weight excluding hydrogens is 226 g/mol. The molecule has 3 unspecified atom stereocenters. The molecular formula is C15H17NO2. The zero-order valence-corrected chi connectivity index (χ0v) is 10.7. The molecule has 3 atom stereocenters. The lowest BCUT2D eigenvalue weighted by Gasteiger charge is -2.17. The van der Waals surface area contributed by atoms with E-state index in [2.05, 4.69) is 6.07 Å². The molecule has 94 valence electrons. The van der Waals surface area contributed by atoms with Crippen LogP contribution >= 0.6 is 0 Å². The predicted molar refractivity (Wildman–Crippen MR) is 68.1 cm³/mol. The van der Waals surface area contributed by atoms with Gasteiger partial charge < -0.3 is 4.74 Å². The first-order valence-corrected chi connectivity index (χ1v) is 6.25. The van der Waals surface area contributed by atoms with Crippen molar-refractivity contribution < 1.29 is 9.53 Å². The van der Waals surface area contributed by atoms with Gasteiger partial charge in [0.15, 0.2) is 5.78 Å². The first-order chi connectivity index (χ1) is 8.63. The van der Waals surface area contributed by atoms with Crippen molar-refractivity contribution in [2.45, 2.75) is 32.3 Å². The van der Waals surface area contributed by atoms with Crippen LogP contribution in [0.5, 0.6) is 0 Å². The van der Waals surface area contributed by atoms with E-state index in [1.165, 1.54) is 0 Å². The van der Waals surface area contributed by atoms with Crippen LogP contribution in [-0.4, -0.2) is 18.5 Å². The number of nitrogens with zero attached hydrogens (tertiary/aromatic N) is 1. The smallest absolute Gasteiger partial charge is 0.183 e. The Hall–Kier alpha value is -1.66. The van der Waals surface area contributed by atoms with Gasteiger partial charge in [-0.2, -0.15) is 5.26 Å². The van der Waals surface area contributed by atoms with Crippen LogP contribution in [0.25, 0.3) is 0 Å². The number of Topliss-reactive ketones (excluding diaryl/α,β-unsaturated/α-hetero) is 1. The van der Waals surface area contributed by atoms with Crippen molar-refractivity contribution in [1.82, 2.24) is 0 Å². The molecule has 3 heteroatoms. The normalized spacial score (nSPS) is 24.5. The van der Waals surface area contributed by atoms with Gasteiger partial charge in [-0.3, -0.25) is 4.79 Å². The maximum absolute atomic E-state index is 12.3. The summed E-state index contributed by atoms with van der Waals surface area (Å²) in [6.45, 7) is 4.60. The highest BCUT2D eigenvalue weighted by Crippen LogP contribution is 2.27. The van der Waals surface area contributed by atoms with Gasteiger partial charge in [0.05, 0.1) is 6.07 Å². The Morgan fingerprint density at radius 1 is 1.44 bits per heavy atom. The number of hydrogen-bond acceptors (Lipinski definition) is 3. The first kappa shape index (κ1) is 12.8. The second-order valence-electron chi connectivity index (χ2n) is 4.93. The van der Waals surface area contributed by atoms with Crippen LogP contribution in [-0.2, 0) is 9.53 Å². The van der Waals surface area contributed by atoms with Crippen molar-refractivity contribution in [3.05, 3.63) is 35.4 Å². The fourth-order valence-corrected chi connectivity index (χ4v) is 2.28. The molecule has 0 saturated carbocycles. The van der Waals surface area contributed by atoms with E-state index >= 15 is 0 Å². The lowest BCUT2D eigenvalue weighted by Crippen LogP contribution is -2.29. The van der Waals surface area contributed by atoms with E-state index in [1.807, 2.05) is 38.1 Å². The molecule has 0 N–H and O–H groups in total. The lowest BCUT2D eigenvalue weighted by atomic mass is 9.88. The Bertz CT molecular complexity index is 472. The van der Waals surface area contributed by atoms with Gasteiger partial charge in [-0.05, 0) is 24.8 Å². The minimum atomic E-state index is -0.712. The number of nitriles is 1. The van der Waals surface area contributed by atoms with E-state index in [4.69, 9.17) is 4.74 Å². The Morgan fingerprint density at radius 2 is 2.11 bits per heavy atom. The number of ether oxygens (including phenoxy) is 1. The standard InChI is InChI=1S/C15H17NO2/c1-10-3-5-12(6-4-10)13(9-16)14(17)15-11(2)7-8-18-15/h3-6,11,13,15H,7-8H2,1-2H3. The quantitative estimate of drug-likeness (QED) is 0.819. The van der Waals surface area contributed by atoms with Crippen LogP contribution in [0.4, 0.5) is 0 Å².